The molecule has 0 amide bonds. The van der Waals surface area contributed by atoms with Crippen LogP contribution in [-0.2, 0) is 10.8 Å². The summed E-state index contributed by atoms with van der Waals surface area (Å²) < 4.78 is 6.49. The van der Waals surface area contributed by atoms with E-state index in [0.717, 1.165) is 33.3 Å². The molecule has 0 spiro atoms. The Balaban J connectivity index is 1.30. The molecule has 0 unspecified atom stereocenters. The van der Waals surface area contributed by atoms with E-state index in [1.54, 1.807) is 0 Å². The highest BCUT2D eigenvalue weighted by Crippen LogP contribution is 2.58. The molecule has 0 aliphatic heterocycles. The topological polar surface area (TPSA) is 16.4 Å². The van der Waals surface area contributed by atoms with Gasteiger partial charge >= 0.3 is 0 Å². The summed E-state index contributed by atoms with van der Waals surface area (Å²) in [7, 11) is 0. The molecule has 2 nitrogen and oxygen atoms in total. The van der Waals surface area contributed by atoms with Gasteiger partial charge in [0.2, 0.25) is 0 Å². The molecule has 0 saturated heterocycles. The van der Waals surface area contributed by atoms with E-state index < -0.39 is 0 Å². The van der Waals surface area contributed by atoms with Gasteiger partial charge < -0.3 is 9.32 Å². The highest BCUT2D eigenvalue weighted by Gasteiger charge is 2.40. The molecule has 0 atom stereocenters. The zero-order valence-corrected chi connectivity index (χ0v) is 27.6. The Morgan fingerprint density at radius 2 is 1.06 bits per heavy atom. The van der Waals surface area contributed by atoms with E-state index >= 15 is 0 Å². The van der Waals surface area contributed by atoms with E-state index in [9.17, 15) is 0 Å². The zero-order chi connectivity index (χ0) is 32.4. The Bertz CT molecular complexity index is 2630. The largest absolute Gasteiger partial charge is 0.456 e. The van der Waals surface area contributed by atoms with Crippen LogP contribution in [0.15, 0.2) is 144 Å². The van der Waals surface area contributed by atoms with E-state index in [1.807, 2.05) is 6.07 Å². The standard InChI is InChI=1S/C46H35NO/c1-45(2)37-18-10-7-15-32(37)33-23-21-29(26-39(33)45)47(30-22-24-35-34-16-9-12-20-41(34)48-42(35)27-30)40-25-28-13-5-6-14-31(28)44-43(40)36-17-8-11-19-38(36)46(44,3)4/h5-27H,1-4H3. The summed E-state index contributed by atoms with van der Waals surface area (Å²) in [5, 5.41) is 4.84. The van der Waals surface area contributed by atoms with Crippen molar-refractivity contribution in [3.63, 3.8) is 0 Å². The highest BCUT2D eigenvalue weighted by atomic mass is 16.3. The molecule has 0 N–H and O–H groups in total. The number of hydrogen-bond donors (Lipinski definition) is 0. The molecule has 0 fully saturated rings. The fraction of sp³-hybridized carbons (Fsp3) is 0.130. The maximum atomic E-state index is 6.49. The molecule has 10 rings (SSSR count). The van der Waals surface area contributed by atoms with Gasteiger partial charge in [0.15, 0.2) is 0 Å². The minimum Gasteiger partial charge on any atom is -0.456 e. The lowest BCUT2D eigenvalue weighted by Crippen LogP contribution is -2.18. The van der Waals surface area contributed by atoms with Crippen molar-refractivity contribution in [2.45, 2.75) is 38.5 Å². The Kier molecular flexibility index (Phi) is 5.44. The smallest absolute Gasteiger partial charge is 0.137 e. The van der Waals surface area contributed by atoms with Crippen molar-refractivity contribution in [1.82, 2.24) is 0 Å². The van der Waals surface area contributed by atoms with Crippen LogP contribution in [0.2, 0.25) is 0 Å². The number of fused-ring (bicyclic) bond motifs is 11. The quantitative estimate of drug-likeness (QED) is 0.196. The van der Waals surface area contributed by atoms with E-state index in [1.165, 1.54) is 61.0 Å². The van der Waals surface area contributed by atoms with Crippen molar-refractivity contribution in [2.24, 2.45) is 0 Å². The van der Waals surface area contributed by atoms with Crippen molar-refractivity contribution in [3.8, 4) is 22.3 Å². The second-order valence-electron chi connectivity index (χ2n) is 14.6. The molecule has 2 aliphatic carbocycles. The first kappa shape index (κ1) is 27.5. The van der Waals surface area contributed by atoms with E-state index in [4.69, 9.17) is 4.42 Å². The molecule has 8 aromatic rings. The van der Waals surface area contributed by atoms with Crippen molar-refractivity contribution in [3.05, 3.63) is 162 Å². The Morgan fingerprint density at radius 3 is 1.90 bits per heavy atom. The second-order valence-corrected chi connectivity index (χ2v) is 14.6. The number of para-hydroxylation sites is 1. The molecule has 1 aromatic heterocycles. The number of nitrogens with zero attached hydrogens (tertiary/aromatic N) is 1. The van der Waals surface area contributed by atoms with Gasteiger partial charge in [-0.2, -0.15) is 0 Å². The first-order valence-electron chi connectivity index (χ1n) is 16.9. The summed E-state index contributed by atoms with van der Waals surface area (Å²) in [5.41, 5.74) is 15.7. The molecule has 2 heteroatoms. The normalized spacial score (nSPS) is 15.0. The van der Waals surface area contributed by atoms with Crippen molar-refractivity contribution in [2.75, 3.05) is 4.90 Å². The average molecular weight is 618 g/mol. The number of anilines is 3. The van der Waals surface area contributed by atoms with Crippen LogP contribution in [0, 0.1) is 0 Å². The summed E-state index contributed by atoms with van der Waals surface area (Å²) in [4.78, 5) is 2.48. The monoisotopic (exact) mass is 617 g/mol. The van der Waals surface area contributed by atoms with E-state index in [2.05, 4.69) is 166 Å². The molecule has 0 radical (unpaired) electrons. The van der Waals surface area contributed by atoms with E-state index in [0.29, 0.717) is 0 Å². The van der Waals surface area contributed by atoms with Crippen LogP contribution in [0.5, 0.6) is 0 Å². The van der Waals surface area contributed by atoms with Gasteiger partial charge in [0.25, 0.3) is 0 Å². The lowest BCUT2D eigenvalue weighted by molar-refractivity contribution is 0.660. The number of furan rings is 1. The van der Waals surface area contributed by atoms with Gasteiger partial charge in [-0.15, -0.1) is 0 Å². The number of rotatable bonds is 3. The first-order chi connectivity index (χ1) is 23.3. The lowest BCUT2D eigenvalue weighted by atomic mass is 9.80. The number of hydrogen-bond acceptors (Lipinski definition) is 2. The van der Waals surface area contributed by atoms with Crippen LogP contribution < -0.4 is 4.90 Å². The third-order valence-corrected chi connectivity index (χ3v) is 11.2. The third kappa shape index (κ3) is 3.58. The van der Waals surface area contributed by atoms with Crippen LogP contribution in [0.25, 0.3) is 55.0 Å². The first-order valence-corrected chi connectivity index (χ1v) is 16.9. The predicted molar refractivity (Wildman–Crippen MR) is 201 cm³/mol. The minimum atomic E-state index is -0.155. The van der Waals surface area contributed by atoms with Crippen LogP contribution in [0.1, 0.15) is 49.9 Å². The summed E-state index contributed by atoms with van der Waals surface area (Å²) in [6.45, 7) is 9.49. The second kappa shape index (κ2) is 9.49. The summed E-state index contributed by atoms with van der Waals surface area (Å²) in [6, 6.07) is 51.3. The highest BCUT2D eigenvalue weighted by molar-refractivity contribution is 6.08. The molecule has 48 heavy (non-hydrogen) atoms. The van der Waals surface area contributed by atoms with Crippen molar-refractivity contribution >= 4 is 49.8 Å². The molecule has 1 heterocycles. The fourth-order valence-electron chi connectivity index (χ4n) is 8.92. The molecule has 2 aliphatic rings. The predicted octanol–water partition coefficient (Wildman–Crippen LogP) is 12.8. The summed E-state index contributed by atoms with van der Waals surface area (Å²) >= 11 is 0. The zero-order valence-electron chi connectivity index (χ0n) is 27.6. The molecule has 0 saturated carbocycles. The Labute approximate surface area is 280 Å². The van der Waals surface area contributed by atoms with Gasteiger partial charge in [-0.3, -0.25) is 0 Å². The maximum absolute atomic E-state index is 6.49. The summed E-state index contributed by atoms with van der Waals surface area (Å²) in [5.74, 6) is 0. The van der Waals surface area contributed by atoms with Crippen LogP contribution >= 0.6 is 0 Å². The third-order valence-electron chi connectivity index (χ3n) is 11.2. The number of benzene rings is 7. The van der Waals surface area contributed by atoms with Crippen LogP contribution in [0.4, 0.5) is 17.1 Å². The molecular weight excluding hydrogens is 583 g/mol. The van der Waals surface area contributed by atoms with Crippen molar-refractivity contribution < 1.29 is 4.42 Å². The fourth-order valence-corrected chi connectivity index (χ4v) is 8.92. The average Bonchev–Trinajstić information content (AvgIpc) is 3.68. The minimum absolute atomic E-state index is 0.115. The van der Waals surface area contributed by atoms with E-state index in [-0.39, 0.29) is 10.8 Å². The van der Waals surface area contributed by atoms with Gasteiger partial charge in [0.1, 0.15) is 11.2 Å². The summed E-state index contributed by atoms with van der Waals surface area (Å²) in [6.07, 6.45) is 0. The van der Waals surface area contributed by atoms with Gasteiger partial charge in [0.05, 0.1) is 5.69 Å². The molecule has 7 aromatic carbocycles. The van der Waals surface area contributed by atoms with Crippen molar-refractivity contribution in [1.29, 1.82) is 0 Å². The van der Waals surface area contributed by atoms with Gasteiger partial charge in [-0.05, 0) is 86.1 Å². The van der Waals surface area contributed by atoms with Gasteiger partial charge in [-0.25, -0.2) is 0 Å². The van der Waals surface area contributed by atoms with Crippen LogP contribution in [0.3, 0.4) is 0 Å². The lowest BCUT2D eigenvalue weighted by Gasteiger charge is -2.31. The maximum Gasteiger partial charge on any atom is 0.137 e. The SMILES string of the molecule is CC1(C)c2ccccc2-c2ccc(N(c3ccc4c(c3)oc3ccccc34)c3cc4ccccc4c4c3-c3ccccc3C4(C)C)cc21. The molecule has 230 valence electrons. The Hall–Kier alpha value is -5.60. The van der Waals surface area contributed by atoms with Gasteiger partial charge in [-0.1, -0.05) is 125 Å². The van der Waals surface area contributed by atoms with Gasteiger partial charge in [0, 0.05) is 44.6 Å². The molecular formula is C46H35NO. The Morgan fingerprint density at radius 1 is 0.458 bits per heavy atom. The van der Waals surface area contributed by atoms with Crippen LogP contribution in [-0.4, -0.2) is 0 Å². The molecule has 0 bridgehead atoms.